The number of hydrogen-bond acceptors (Lipinski definition) is 5. The Balaban J connectivity index is 1.32. The number of nitrogens with zero attached hydrogens (tertiary/aromatic N) is 4. The predicted octanol–water partition coefficient (Wildman–Crippen LogP) is 2.19. The molecule has 0 saturated carbocycles. The van der Waals surface area contributed by atoms with Crippen LogP contribution in [-0.2, 0) is 30.9 Å². The minimum Gasteiger partial charge on any atom is -0.457 e. The van der Waals surface area contributed by atoms with E-state index < -0.39 is 5.82 Å². The van der Waals surface area contributed by atoms with Crippen molar-refractivity contribution in [2.45, 2.75) is 33.0 Å². The van der Waals surface area contributed by atoms with Crippen LogP contribution in [0, 0.1) is 25.1 Å². The van der Waals surface area contributed by atoms with E-state index in [2.05, 4.69) is 15.9 Å². The zero-order chi connectivity index (χ0) is 22.4. The molecule has 0 amide bonds. The molecule has 0 bridgehead atoms. The molecule has 0 saturated heterocycles. The summed E-state index contributed by atoms with van der Waals surface area (Å²) in [6.07, 6.45) is 6.09. The van der Waals surface area contributed by atoms with E-state index in [0.717, 1.165) is 24.1 Å². The number of hydrogen-bond donors (Lipinski definition) is 0. The Hall–Kier alpha value is -3.70. The number of fused-ring (bicyclic) bond motifs is 2. The SMILES string of the molecule is C#Cc1ccc(-n2nc3n(c2=O)CCN(CCc2ccc4c(c2C)COC4=O)C3)cc1F. The van der Waals surface area contributed by atoms with Crippen molar-refractivity contribution < 1.29 is 13.9 Å². The molecular formula is C24H21FN4O3. The Morgan fingerprint density at radius 2 is 2.06 bits per heavy atom. The van der Waals surface area contributed by atoms with Crippen LogP contribution in [0.4, 0.5) is 4.39 Å². The lowest BCUT2D eigenvalue weighted by molar-refractivity contribution is 0.0535. The Morgan fingerprint density at radius 3 is 2.84 bits per heavy atom. The summed E-state index contributed by atoms with van der Waals surface area (Å²) in [5.74, 6) is 2.11. The summed E-state index contributed by atoms with van der Waals surface area (Å²) < 4.78 is 22.1. The minimum atomic E-state index is -0.554. The first-order chi connectivity index (χ1) is 15.5. The molecule has 0 aliphatic carbocycles. The number of carbonyl (C=O) groups is 1. The first kappa shape index (κ1) is 20.2. The lowest BCUT2D eigenvalue weighted by Crippen LogP contribution is -2.38. The summed E-state index contributed by atoms with van der Waals surface area (Å²) in [4.78, 5) is 26.8. The smallest absolute Gasteiger partial charge is 0.350 e. The highest BCUT2D eigenvalue weighted by Gasteiger charge is 2.25. The van der Waals surface area contributed by atoms with Gasteiger partial charge in [0.1, 0.15) is 18.2 Å². The number of benzene rings is 2. The molecule has 2 aliphatic heterocycles. The van der Waals surface area contributed by atoms with Crippen LogP contribution in [0.15, 0.2) is 35.1 Å². The number of cyclic esters (lactones) is 1. The highest BCUT2D eigenvalue weighted by molar-refractivity contribution is 5.93. The molecule has 8 heteroatoms. The molecule has 32 heavy (non-hydrogen) atoms. The topological polar surface area (TPSA) is 69.4 Å². The zero-order valence-electron chi connectivity index (χ0n) is 17.6. The number of terminal acetylenes is 1. The van der Waals surface area contributed by atoms with Crippen LogP contribution in [0.3, 0.4) is 0 Å². The van der Waals surface area contributed by atoms with Crippen molar-refractivity contribution in [1.29, 1.82) is 0 Å². The van der Waals surface area contributed by atoms with E-state index >= 15 is 0 Å². The maximum atomic E-state index is 14.1. The number of ether oxygens (including phenoxy) is 1. The third-order valence-electron chi connectivity index (χ3n) is 6.27. The first-order valence-electron chi connectivity index (χ1n) is 10.4. The van der Waals surface area contributed by atoms with Crippen LogP contribution in [0.1, 0.15) is 38.4 Å². The molecule has 1 aromatic heterocycles. The maximum absolute atomic E-state index is 14.1. The van der Waals surface area contributed by atoms with Crippen LogP contribution in [0.5, 0.6) is 0 Å². The fourth-order valence-corrected chi connectivity index (χ4v) is 4.36. The highest BCUT2D eigenvalue weighted by Crippen LogP contribution is 2.26. The fraction of sp³-hybridized carbons (Fsp3) is 0.292. The van der Waals surface area contributed by atoms with E-state index in [1.54, 1.807) is 10.6 Å². The monoisotopic (exact) mass is 432 g/mol. The summed E-state index contributed by atoms with van der Waals surface area (Å²) in [5, 5.41) is 4.45. The van der Waals surface area contributed by atoms with Gasteiger partial charge in [0.05, 0.1) is 23.4 Å². The maximum Gasteiger partial charge on any atom is 0.350 e. The number of halogens is 1. The average Bonchev–Trinajstić information content (AvgIpc) is 3.33. The Kier molecular flexibility index (Phi) is 4.91. The molecule has 162 valence electrons. The van der Waals surface area contributed by atoms with Crippen LogP contribution in [-0.4, -0.2) is 38.3 Å². The summed E-state index contributed by atoms with van der Waals surface area (Å²) in [6.45, 7) is 4.92. The van der Waals surface area contributed by atoms with Gasteiger partial charge in [0.15, 0.2) is 0 Å². The van der Waals surface area contributed by atoms with Gasteiger partial charge in [0.2, 0.25) is 0 Å². The third kappa shape index (κ3) is 3.31. The van der Waals surface area contributed by atoms with Gasteiger partial charge in [-0.3, -0.25) is 9.47 Å². The second-order valence-corrected chi connectivity index (χ2v) is 8.05. The van der Waals surface area contributed by atoms with Gasteiger partial charge in [-0.05, 0) is 42.7 Å². The Bertz CT molecular complexity index is 1350. The lowest BCUT2D eigenvalue weighted by Gasteiger charge is -2.26. The van der Waals surface area contributed by atoms with Crippen molar-refractivity contribution in [3.63, 3.8) is 0 Å². The molecule has 0 N–H and O–H groups in total. The summed E-state index contributed by atoms with van der Waals surface area (Å²) in [7, 11) is 0. The minimum absolute atomic E-state index is 0.148. The van der Waals surface area contributed by atoms with E-state index in [4.69, 9.17) is 11.2 Å². The molecule has 3 aromatic rings. The molecule has 0 fully saturated rings. The molecule has 0 radical (unpaired) electrons. The predicted molar refractivity (Wildman–Crippen MR) is 115 cm³/mol. The van der Waals surface area contributed by atoms with Crippen molar-refractivity contribution in [2.24, 2.45) is 0 Å². The van der Waals surface area contributed by atoms with E-state index in [-0.39, 0.29) is 17.2 Å². The summed E-state index contributed by atoms with van der Waals surface area (Å²) >= 11 is 0. The second kappa shape index (κ2) is 7.77. The van der Waals surface area contributed by atoms with Crippen LogP contribution in [0.2, 0.25) is 0 Å². The van der Waals surface area contributed by atoms with Gasteiger partial charge in [-0.25, -0.2) is 14.0 Å². The molecule has 0 spiro atoms. The molecule has 3 heterocycles. The second-order valence-electron chi connectivity index (χ2n) is 8.05. The van der Waals surface area contributed by atoms with Crippen molar-refractivity contribution in [2.75, 3.05) is 13.1 Å². The highest BCUT2D eigenvalue weighted by atomic mass is 19.1. The van der Waals surface area contributed by atoms with Crippen molar-refractivity contribution in [1.82, 2.24) is 19.2 Å². The number of esters is 1. The van der Waals surface area contributed by atoms with Gasteiger partial charge >= 0.3 is 11.7 Å². The number of carbonyl (C=O) groups excluding carboxylic acids is 1. The first-order valence-corrected chi connectivity index (χ1v) is 10.4. The quantitative estimate of drug-likeness (QED) is 0.467. The van der Waals surface area contributed by atoms with Crippen LogP contribution < -0.4 is 5.69 Å². The molecule has 0 unspecified atom stereocenters. The number of aromatic nitrogens is 3. The van der Waals surface area contributed by atoms with Crippen molar-refractivity contribution in [3.05, 3.63) is 80.3 Å². The summed E-state index contributed by atoms with van der Waals surface area (Å²) in [6, 6.07) is 8.14. The van der Waals surface area contributed by atoms with Crippen molar-refractivity contribution >= 4 is 5.97 Å². The molecule has 0 atom stereocenters. The molecular weight excluding hydrogens is 411 g/mol. The zero-order valence-corrected chi connectivity index (χ0v) is 17.6. The fourth-order valence-electron chi connectivity index (χ4n) is 4.36. The summed E-state index contributed by atoms with van der Waals surface area (Å²) in [5.41, 5.74) is 4.13. The van der Waals surface area contributed by atoms with Gasteiger partial charge in [-0.1, -0.05) is 12.0 Å². The normalized spacial score (nSPS) is 15.2. The molecule has 2 aromatic carbocycles. The van der Waals surface area contributed by atoms with E-state index in [1.165, 1.54) is 22.4 Å². The van der Waals surface area contributed by atoms with Crippen LogP contribution in [0.25, 0.3) is 5.69 Å². The van der Waals surface area contributed by atoms with Gasteiger partial charge in [-0.15, -0.1) is 11.5 Å². The standard InChI is InChI=1S/C24H21FN4O3/c1-3-16-4-6-18(12-21(16)25)29-24(31)28-11-10-27(13-22(28)26-29)9-8-17-5-7-19-20(15(17)2)14-32-23(19)30/h1,4-7,12H,8-11,13-14H2,2H3. The van der Waals surface area contributed by atoms with Crippen molar-refractivity contribution in [3.8, 4) is 18.0 Å². The van der Waals surface area contributed by atoms with Gasteiger partial charge in [0, 0.05) is 31.3 Å². The van der Waals surface area contributed by atoms with Gasteiger partial charge in [0.25, 0.3) is 0 Å². The molecule has 7 nitrogen and oxygen atoms in total. The Labute approximate surface area is 184 Å². The number of rotatable bonds is 4. The van der Waals surface area contributed by atoms with E-state index in [0.29, 0.717) is 43.3 Å². The average molecular weight is 432 g/mol. The third-order valence-corrected chi connectivity index (χ3v) is 6.27. The Morgan fingerprint density at radius 1 is 1.22 bits per heavy atom. The van der Waals surface area contributed by atoms with E-state index in [1.807, 2.05) is 19.1 Å². The largest absolute Gasteiger partial charge is 0.457 e. The lowest BCUT2D eigenvalue weighted by atomic mass is 9.96. The molecule has 5 rings (SSSR count). The van der Waals surface area contributed by atoms with Gasteiger partial charge < -0.3 is 4.74 Å². The van der Waals surface area contributed by atoms with Crippen LogP contribution >= 0.6 is 0 Å². The molecule has 2 aliphatic rings. The van der Waals surface area contributed by atoms with Gasteiger partial charge in [-0.2, -0.15) is 4.68 Å². The van der Waals surface area contributed by atoms with E-state index in [9.17, 15) is 14.0 Å².